The second kappa shape index (κ2) is 5.58. The minimum atomic E-state index is -0.243. The Morgan fingerprint density at radius 1 is 1.44 bits per heavy atom. The lowest BCUT2D eigenvalue weighted by Gasteiger charge is -2.13. The van der Waals surface area contributed by atoms with Crippen molar-refractivity contribution in [2.75, 3.05) is 0 Å². The maximum atomic E-state index is 13.2. The normalized spacial score (nSPS) is 12.7. The first-order chi connectivity index (χ1) is 8.56. The Morgan fingerprint density at radius 2 is 2.22 bits per heavy atom. The molecule has 0 fully saturated rings. The van der Waals surface area contributed by atoms with Crippen molar-refractivity contribution in [3.63, 3.8) is 0 Å². The molecule has 0 spiro atoms. The third-order valence-electron chi connectivity index (χ3n) is 2.67. The average molecular weight is 313 g/mol. The van der Waals surface area contributed by atoms with Crippen LogP contribution in [-0.4, -0.2) is 14.8 Å². The van der Waals surface area contributed by atoms with Gasteiger partial charge in [-0.2, -0.15) is 0 Å². The maximum Gasteiger partial charge on any atom is 0.149 e. The van der Waals surface area contributed by atoms with Crippen LogP contribution in [0.1, 0.15) is 24.4 Å². The molecule has 1 atom stereocenters. The van der Waals surface area contributed by atoms with Crippen LogP contribution >= 0.6 is 15.9 Å². The monoisotopic (exact) mass is 312 g/mol. The molecule has 6 heteroatoms. The van der Waals surface area contributed by atoms with E-state index >= 15 is 0 Å². The summed E-state index contributed by atoms with van der Waals surface area (Å²) in [4.78, 5) is 0. The van der Waals surface area contributed by atoms with Gasteiger partial charge in [-0.05, 0) is 30.7 Å². The van der Waals surface area contributed by atoms with Crippen molar-refractivity contribution in [2.24, 2.45) is 7.05 Å². The van der Waals surface area contributed by atoms with Gasteiger partial charge in [-0.1, -0.05) is 15.9 Å². The standard InChI is InChI=1S/C12H14BrFN4/c1-8(12-17-16-7-18(12)2)15-6-9-3-10(13)5-11(14)4-9/h3-5,7-8,15H,6H2,1-2H3. The van der Waals surface area contributed by atoms with Crippen LogP contribution in [0, 0.1) is 5.82 Å². The van der Waals surface area contributed by atoms with E-state index in [1.54, 1.807) is 6.33 Å². The van der Waals surface area contributed by atoms with Crippen LogP contribution in [0.15, 0.2) is 29.0 Å². The van der Waals surface area contributed by atoms with Crippen LogP contribution in [0.5, 0.6) is 0 Å². The van der Waals surface area contributed by atoms with E-state index in [2.05, 4.69) is 31.4 Å². The molecule has 96 valence electrons. The summed E-state index contributed by atoms with van der Waals surface area (Å²) >= 11 is 3.28. The fraction of sp³-hybridized carbons (Fsp3) is 0.333. The molecule has 1 aromatic carbocycles. The first kappa shape index (κ1) is 13.2. The van der Waals surface area contributed by atoms with Gasteiger partial charge in [-0.15, -0.1) is 10.2 Å². The molecular formula is C12H14BrFN4. The number of halogens is 2. The molecule has 0 aliphatic heterocycles. The van der Waals surface area contributed by atoms with Gasteiger partial charge in [0.25, 0.3) is 0 Å². The molecule has 1 N–H and O–H groups in total. The lowest BCUT2D eigenvalue weighted by molar-refractivity contribution is 0.526. The van der Waals surface area contributed by atoms with Gasteiger partial charge in [0, 0.05) is 18.1 Å². The van der Waals surface area contributed by atoms with Gasteiger partial charge in [0.2, 0.25) is 0 Å². The molecule has 0 radical (unpaired) electrons. The van der Waals surface area contributed by atoms with E-state index in [0.717, 1.165) is 15.9 Å². The minimum absolute atomic E-state index is 0.0551. The van der Waals surface area contributed by atoms with E-state index in [4.69, 9.17) is 0 Å². The Kier molecular flexibility index (Phi) is 4.08. The van der Waals surface area contributed by atoms with Crippen molar-refractivity contribution >= 4 is 15.9 Å². The number of hydrogen-bond donors (Lipinski definition) is 1. The van der Waals surface area contributed by atoms with E-state index in [9.17, 15) is 4.39 Å². The molecule has 1 aromatic heterocycles. The SMILES string of the molecule is CC(NCc1cc(F)cc(Br)c1)c1nncn1C. The van der Waals surface area contributed by atoms with Gasteiger partial charge in [-0.3, -0.25) is 0 Å². The summed E-state index contributed by atoms with van der Waals surface area (Å²) in [6.45, 7) is 2.57. The molecule has 0 aliphatic rings. The predicted molar refractivity (Wildman–Crippen MR) is 70.4 cm³/mol. The molecule has 0 bridgehead atoms. The number of rotatable bonds is 4. The van der Waals surface area contributed by atoms with Gasteiger partial charge in [-0.25, -0.2) is 4.39 Å². The molecule has 1 heterocycles. The molecule has 1 unspecified atom stereocenters. The summed E-state index contributed by atoms with van der Waals surface area (Å²) in [7, 11) is 1.90. The van der Waals surface area contributed by atoms with E-state index in [-0.39, 0.29) is 11.9 Å². The van der Waals surface area contributed by atoms with E-state index in [1.165, 1.54) is 12.1 Å². The van der Waals surface area contributed by atoms with Crippen LogP contribution < -0.4 is 5.32 Å². The van der Waals surface area contributed by atoms with Crippen molar-refractivity contribution in [1.82, 2.24) is 20.1 Å². The molecule has 0 amide bonds. The van der Waals surface area contributed by atoms with Gasteiger partial charge < -0.3 is 9.88 Å². The van der Waals surface area contributed by atoms with Crippen molar-refractivity contribution in [2.45, 2.75) is 19.5 Å². The summed E-state index contributed by atoms with van der Waals surface area (Å²) in [5.74, 6) is 0.609. The first-order valence-corrected chi connectivity index (χ1v) is 6.38. The number of aromatic nitrogens is 3. The zero-order valence-electron chi connectivity index (χ0n) is 10.2. The smallest absolute Gasteiger partial charge is 0.149 e. The summed E-state index contributed by atoms with van der Waals surface area (Å²) in [5, 5.41) is 11.1. The highest BCUT2D eigenvalue weighted by molar-refractivity contribution is 9.10. The number of benzene rings is 1. The molecular weight excluding hydrogens is 299 g/mol. The van der Waals surface area contributed by atoms with Gasteiger partial charge in [0.05, 0.1) is 6.04 Å². The second-order valence-corrected chi connectivity index (χ2v) is 5.10. The Morgan fingerprint density at radius 3 is 2.83 bits per heavy atom. The zero-order valence-corrected chi connectivity index (χ0v) is 11.8. The van der Waals surface area contributed by atoms with E-state index in [0.29, 0.717) is 6.54 Å². The Labute approximate surface area is 113 Å². The predicted octanol–water partition coefficient (Wildman–Crippen LogP) is 2.57. The quantitative estimate of drug-likeness (QED) is 0.943. The van der Waals surface area contributed by atoms with Crippen molar-refractivity contribution in [3.05, 3.63) is 46.2 Å². The van der Waals surface area contributed by atoms with Gasteiger partial charge in [0.1, 0.15) is 18.0 Å². The molecule has 18 heavy (non-hydrogen) atoms. The van der Waals surface area contributed by atoms with E-state index in [1.807, 2.05) is 24.6 Å². The lowest BCUT2D eigenvalue weighted by atomic mass is 10.2. The third-order valence-corrected chi connectivity index (χ3v) is 3.13. The molecule has 2 rings (SSSR count). The number of nitrogens with zero attached hydrogens (tertiary/aromatic N) is 3. The highest BCUT2D eigenvalue weighted by Gasteiger charge is 2.10. The summed E-state index contributed by atoms with van der Waals surface area (Å²) in [6, 6.07) is 4.90. The van der Waals surface area contributed by atoms with Crippen LogP contribution in [0.4, 0.5) is 4.39 Å². The summed E-state index contributed by atoms with van der Waals surface area (Å²) in [6.07, 6.45) is 1.66. The Bertz CT molecular complexity index is 520. The summed E-state index contributed by atoms with van der Waals surface area (Å²) < 4.78 is 15.8. The molecule has 0 saturated heterocycles. The first-order valence-electron chi connectivity index (χ1n) is 5.58. The van der Waals surface area contributed by atoms with Crippen LogP contribution in [0.3, 0.4) is 0 Å². The average Bonchev–Trinajstić information content (AvgIpc) is 2.71. The van der Waals surface area contributed by atoms with Crippen molar-refractivity contribution in [3.8, 4) is 0 Å². The fourth-order valence-electron chi connectivity index (χ4n) is 1.76. The van der Waals surface area contributed by atoms with Crippen LogP contribution in [0.2, 0.25) is 0 Å². The fourth-order valence-corrected chi connectivity index (χ4v) is 2.27. The second-order valence-electron chi connectivity index (χ2n) is 4.18. The number of aryl methyl sites for hydroxylation is 1. The topological polar surface area (TPSA) is 42.7 Å². The van der Waals surface area contributed by atoms with Crippen LogP contribution in [0.25, 0.3) is 0 Å². The van der Waals surface area contributed by atoms with Crippen molar-refractivity contribution < 1.29 is 4.39 Å². The Balaban J connectivity index is 2.01. The van der Waals surface area contributed by atoms with Gasteiger partial charge >= 0.3 is 0 Å². The Hall–Kier alpha value is -1.27. The zero-order chi connectivity index (χ0) is 13.1. The summed E-state index contributed by atoms with van der Waals surface area (Å²) in [5.41, 5.74) is 0.885. The highest BCUT2D eigenvalue weighted by atomic mass is 79.9. The number of nitrogens with one attached hydrogen (secondary N) is 1. The molecule has 4 nitrogen and oxygen atoms in total. The maximum absolute atomic E-state index is 13.2. The molecule has 2 aromatic rings. The van der Waals surface area contributed by atoms with Crippen LogP contribution in [-0.2, 0) is 13.6 Å². The highest BCUT2D eigenvalue weighted by Crippen LogP contribution is 2.16. The lowest BCUT2D eigenvalue weighted by Crippen LogP contribution is -2.21. The van der Waals surface area contributed by atoms with Crippen molar-refractivity contribution in [1.29, 1.82) is 0 Å². The molecule has 0 saturated carbocycles. The molecule has 0 aliphatic carbocycles. The van der Waals surface area contributed by atoms with Gasteiger partial charge in [0.15, 0.2) is 0 Å². The van der Waals surface area contributed by atoms with E-state index < -0.39 is 0 Å². The third kappa shape index (κ3) is 3.14. The number of hydrogen-bond acceptors (Lipinski definition) is 3. The minimum Gasteiger partial charge on any atom is -0.319 e. The largest absolute Gasteiger partial charge is 0.319 e.